The molecule has 9 heteroatoms. The highest BCUT2D eigenvalue weighted by atomic mass is 32.2. The topological polar surface area (TPSA) is 66.5 Å². The zero-order valence-electron chi connectivity index (χ0n) is 15.6. The summed E-state index contributed by atoms with van der Waals surface area (Å²) in [5.41, 5.74) is -3.66. The molecule has 1 N–H and O–H groups in total. The number of benzene rings is 3. The van der Waals surface area contributed by atoms with Crippen molar-refractivity contribution in [1.82, 2.24) is 0 Å². The minimum Gasteiger partial charge on any atom is -0.322 e. The average molecular weight is 442 g/mol. The van der Waals surface area contributed by atoms with Gasteiger partial charge in [0.15, 0.2) is 0 Å². The largest absolute Gasteiger partial charge is 0.446 e. The van der Waals surface area contributed by atoms with Crippen molar-refractivity contribution in [2.24, 2.45) is 0 Å². The van der Waals surface area contributed by atoms with Gasteiger partial charge in [-0.3, -0.25) is 14.4 Å². The summed E-state index contributed by atoms with van der Waals surface area (Å²) < 4.78 is 38.4. The van der Waals surface area contributed by atoms with Gasteiger partial charge in [0.05, 0.1) is 22.4 Å². The lowest BCUT2D eigenvalue weighted by Crippen LogP contribution is -2.29. The molecule has 3 aromatic rings. The SMILES string of the molecule is O=C(Nc1cccc(N2C(=O)c3ccccc3C2=O)c1)c1ccccc1SC(F)(F)F. The summed E-state index contributed by atoms with van der Waals surface area (Å²) in [6.07, 6.45) is 0. The molecule has 0 aliphatic carbocycles. The number of halogens is 3. The number of carbonyl (C=O) groups is 3. The average Bonchev–Trinajstić information content (AvgIpc) is 2.98. The van der Waals surface area contributed by atoms with Gasteiger partial charge < -0.3 is 5.32 Å². The molecule has 0 radical (unpaired) electrons. The monoisotopic (exact) mass is 442 g/mol. The first-order valence-corrected chi connectivity index (χ1v) is 9.80. The minimum atomic E-state index is -4.54. The molecular weight excluding hydrogens is 429 g/mol. The van der Waals surface area contributed by atoms with E-state index in [1.54, 1.807) is 24.3 Å². The van der Waals surface area contributed by atoms with Gasteiger partial charge in [-0.2, -0.15) is 13.2 Å². The maximum absolute atomic E-state index is 12.8. The molecule has 0 saturated heterocycles. The van der Waals surface area contributed by atoms with E-state index in [9.17, 15) is 27.6 Å². The first-order valence-electron chi connectivity index (χ1n) is 8.98. The van der Waals surface area contributed by atoms with Gasteiger partial charge in [-0.05, 0) is 54.2 Å². The third-order valence-electron chi connectivity index (χ3n) is 4.51. The third-order valence-corrected chi connectivity index (χ3v) is 5.32. The second-order valence-electron chi connectivity index (χ2n) is 6.54. The molecule has 5 nitrogen and oxygen atoms in total. The number of amides is 3. The Morgan fingerprint density at radius 3 is 2.10 bits per heavy atom. The fraction of sp³-hybridized carbons (Fsp3) is 0.0455. The van der Waals surface area contributed by atoms with Crippen LogP contribution >= 0.6 is 11.8 Å². The van der Waals surface area contributed by atoms with E-state index < -0.39 is 23.2 Å². The maximum atomic E-state index is 12.8. The summed E-state index contributed by atoms with van der Waals surface area (Å²) in [6, 6.07) is 17.8. The number of alkyl halides is 3. The van der Waals surface area contributed by atoms with Crippen molar-refractivity contribution in [2.75, 3.05) is 10.2 Å². The van der Waals surface area contributed by atoms with Gasteiger partial charge in [-0.1, -0.05) is 30.3 Å². The molecule has 3 amide bonds. The molecule has 0 spiro atoms. The third kappa shape index (κ3) is 4.17. The Kier molecular flexibility index (Phi) is 5.28. The molecule has 156 valence electrons. The van der Waals surface area contributed by atoms with Gasteiger partial charge in [0.1, 0.15) is 0 Å². The predicted molar refractivity (Wildman–Crippen MR) is 110 cm³/mol. The molecule has 0 aromatic heterocycles. The van der Waals surface area contributed by atoms with E-state index in [4.69, 9.17) is 0 Å². The summed E-state index contributed by atoms with van der Waals surface area (Å²) in [5.74, 6) is -1.72. The summed E-state index contributed by atoms with van der Waals surface area (Å²) in [4.78, 5) is 38.7. The molecule has 4 rings (SSSR count). The van der Waals surface area contributed by atoms with Gasteiger partial charge >= 0.3 is 5.51 Å². The van der Waals surface area contributed by atoms with E-state index in [1.807, 2.05) is 0 Å². The van der Waals surface area contributed by atoms with Crippen molar-refractivity contribution >= 4 is 40.9 Å². The number of fused-ring (bicyclic) bond motifs is 1. The van der Waals surface area contributed by atoms with Crippen molar-refractivity contribution in [3.05, 3.63) is 89.5 Å². The first kappa shape index (κ1) is 20.7. The van der Waals surface area contributed by atoms with Crippen molar-refractivity contribution in [2.45, 2.75) is 10.4 Å². The number of thioether (sulfide) groups is 1. The molecule has 1 heterocycles. The predicted octanol–water partition coefficient (Wildman–Crippen LogP) is 5.35. The first-order chi connectivity index (χ1) is 14.7. The molecular formula is C22H13F3N2O3S. The Labute approximate surface area is 178 Å². The number of anilines is 2. The van der Waals surface area contributed by atoms with Crippen LogP contribution in [0.3, 0.4) is 0 Å². The highest BCUT2D eigenvalue weighted by Gasteiger charge is 2.36. The summed E-state index contributed by atoms with van der Waals surface area (Å²) in [5, 5.41) is 2.53. The van der Waals surface area contributed by atoms with Crippen LogP contribution in [0.2, 0.25) is 0 Å². The number of hydrogen-bond acceptors (Lipinski definition) is 4. The molecule has 0 atom stereocenters. The Morgan fingerprint density at radius 1 is 0.839 bits per heavy atom. The number of hydrogen-bond donors (Lipinski definition) is 1. The Balaban J connectivity index is 1.59. The van der Waals surface area contributed by atoms with Crippen molar-refractivity contribution in [1.29, 1.82) is 0 Å². The number of nitrogens with one attached hydrogen (secondary N) is 1. The molecule has 1 aliphatic rings. The number of rotatable bonds is 4. The van der Waals surface area contributed by atoms with Crippen LogP contribution in [-0.2, 0) is 0 Å². The smallest absolute Gasteiger partial charge is 0.322 e. The van der Waals surface area contributed by atoms with E-state index in [0.717, 1.165) is 4.90 Å². The van der Waals surface area contributed by atoms with Crippen LogP contribution in [0, 0.1) is 0 Å². The molecule has 31 heavy (non-hydrogen) atoms. The molecule has 0 fully saturated rings. The molecule has 0 bridgehead atoms. The fourth-order valence-electron chi connectivity index (χ4n) is 3.21. The van der Waals surface area contributed by atoms with Crippen molar-refractivity contribution < 1.29 is 27.6 Å². The van der Waals surface area contributed by atoms with Crippen LogP contribution < -0.4 is 10.2 Å². The summed E-state index contributed by atoms with van der Waals surface area (Å²) in [6.45, 7) is 0. The molecule has 0 saturated carbocycles. The second kappa shape index (κ2) is 7.92. The van der Waals surface area contributed by atoms with Crippen molar-refractivity contribution in [3.63, 3.8) is 0 Å². The van der Waals surface area contributed by atoms with Crippen LogP contribution in [0.25, 0.3) is 0 Å². The van der Waals surface area contributed by atoms with Gasteiger partial charge in [0, 0.05) is 10.6 Å². The zero-order chi connectivity index (χ0) is 22.2. The van der Waals surface area contributed by atoms with Crippen molar-refractivity contribution in [3.8, 4) is 0 Å². The number of imide groups is 1. The Bertz CT molecular complexity index is 1180. The Morgan fingerprint density at radius 2 is 1.45 bits per heavy atom. The number of carbonyl (C=O) groups excluding carboxylic acids is 3. The lowest BCUT2D eigenvalue weighted by atomic mass is 10.1. The quantitative estimate of drug-likeness (QED) is 0.437. The lowest BCUT2D eigenvalue weighted by Gasteiger charge is -2.16. The van der Waals surface area contributed by atoms with Crippen LogP contribution in [0.15, 0.2) is 77.7 Å². The molecule has 3 aromatic carbocycles. The molecule has 0 unspecified atom stereocenters. The van der Waals surface area contributed by atoms with E-state index >= 15 is 0 Å². The minimum absolute atomic E-state index is 0.143. The fourth-order valence-corrected chi connectivity index (χ4v) is 3.88. The van der Waals surface area contributed by atoms with Crippen LogP contribution in [-0.4, -0.2) is 23.2 Å². The number of nitrogens with zero attached hydrogens (tertiary/aromatic N) is 1. The van der Waals surface area contributed by atoms with Gasteiger partial charge in [-0.15, -0.1) is 0 Å². The van der Waals surface area contributed by atoms with E-state index in [0.29, 0.717) is 0 Å². The van der Waals surface area contributed by atoms with Gasteiger partial charge in [-0.25, -0.2) is 4.90 Å². The second-order valence-corrected chi connectivity index (χ2v) is 7.65. The van der Waals surface area contributed by atoms with Gasteiger partial charge in [0.2, 0.25) is 0 Å². The van der Waals surface area contributed by atoms with E-state index in [1.165, 1.54) is 48.5 Å². The van der Waals surface area contributed by atoms with E-state index in [-0.39, 0.29) is 44.7 Å². The normalized spacial score (nSPS) is 13.3. The zero-order valence-corrected chi connectivity index (χ0v) is 16.5. The summed E-state index contributed by atoms with van der Waals surface area (Å²) in [7, 11) is 0. The van der Waals surface area contributed by atoms with Crippen LogP contribution in [0.4, 0.5) is 24.5 Å². The lowest BCUT2D eigenvalue weighted by molar-refractivity contribution is -0.0328. The highest BCUT2D eigenvalue weighted by molar-refractivity contribution is 8.00. The summed E-state index contributed by atoms with van der Waals surface area (Å²) >= 11 is -0.375. The van der Waals surface area contributed by atoms with Gasteiger partial charge in [0.25, 0.3) is 17.7 Å². The van der Waals surface area contributed by atoms with Crippen LogP contribution in [0.1, 0.15) is 31.1 Å². The van der Waals surface area contributed by atoms with Crippen LogP contribution in [0.5, 0.6) is 0 Å². The maximum Gasteiger partial charge on any atom is 0.446 e. The van der Waals surface area contributed by atoms with E-state index in [2.05, 4.69) is 5.32 Å². The Hall–Kier alpha value is -3.59. The standard InChI is InChI=1S/C22H13F3N2O3S/c23-22(24,25)31-18-11-4-3-10-17(18)19(28)26-13-6-5-7-14(12-13)27-20(29)15-8-1-2-9-16(15)21(27)30/h1-12H,(H,26,28). The highest BCUT2D eigenvalue weighted by Crippen LogP contribution is 2.38. The molecule has 1 aliphatic heterocycles.